The SMILES string of the molecule is CCCC1CCCC(NCCCCOCCOC)CC1. The van der Waals surface area contributed by atoms with Crippen LogP contribution in [0.5, 0.6) is 0 Å². The Bertz CT molecular complexity index is 211. The van der Waals surface area contributed by atoms with Crippen molar-refractivity contribution in [2.45, 2.75) is 70.8 Å². The molecule has 0 aromatic rings. The van der Waals surface area contributed by atoms with E-state index in [-0.39, 0.29) is 0 Å². The van der Waals surface area contributed by atoms with Gasteiger partial charge in [0, 0.05) is 19.8 Å². The lowest BCUT2D eigenvalue weighted by molar-refractivity contribution is 0.0687. The van der Waals surface area contributed by atoms with E-state index in [4.69, 9.17) is 9.47 Å². The Kier molecular flexibility index (Phi) is 11.3. The Balaban J connectivity index is 1.94. The van der Waals surface area contributed by atoms with Crippen LogP contribution in [0.15, 0.2) is 0 Å². The zero-order valence-corrected chi connectivity index (χ0v) is 13.7. The van der Waals surface area contributed by atoms with Gasteiger partial charge in [-0.05, 0) is 44.6 Å². The molecule has 1 aliphatic carbocycles. The Hall–Kier alpha value is -0.120. The number of ether oxygens (including phenoxy) is 2. The highest BCUT2D eigenvalue weighted by Gasteiger charge is 2.17. The normalized spacial score (nSPS) is 23.7. The van der Waals surface area contributed by atoms with Crippen molar-refractivity contribution in [2.75, 3.05) is 33.5 Å². The third-order valence-corrected chi connectivity index (χ3v) is 4.37. The van der Waals surface area contributed by atoms with Gasteiger partial charge < -0.3 is 14.8 Å². The van der Waals surface area contributed by atoms with Crippen molar-refractivity contribution in [3.05, 3.63) is 0 Å². The number of unbranched alkanes of at least 4 members (excludes halogenated alkanes) is 1. The molecule has 0 aliphatic heterocycles. The van der Waals surface area contributed by atoms with Crippen molar-refractivity contribution in [3.63, 3.8) is 0 Å². The van der Waals surface area contributed by atoms with Crippen LogP contribution in [-0.2, 0) is 9.47 Å². The van der Waals surface area contributed by atoms with E-state index in [9.17, 15) is 0 Å². The van der Waals surface area contributed by atoms with Crippen LogP contribution in [0.2, 0.25) is 0 Å². The monoisotopic (exact) mass is 285 g/mol. The Morgan fingerprint density at radius 1 is 1.00 bits per heavy atom. The second kappa shape index (κ2) is 12.6. The van der Waals surface area contributed by atoms with Gasteiger partial charge in [-0.1, -0.05) is 32.6 Å². The van der Waals surface area contributed by atoms with Gasteiger partial charge in [0.1, 0.15) is 0 Å². The summed E-state index contributed by atoms with van der Waals surface area (Å²) in [5.41, 5.74) is 0. The summed E-state index contributed by atoms with van der Waals surface area (Å²) in [5, 5.41) is 3.75. The number of methoxy groups -OCH3 is 1. The van der Waals surface area contributed by atoms with Crippen molar-refractivity contribution in [1.29, 1.82) is 0 Å². The first-order valence-electron chi connectivity index (χ1n) is 8.66. The zero-order chi connectivity index (χ0) is 14.5. The average molecular weight is 285 g/mol. The molecular formula is C17H35NO2. The van der Waals surface area contributed by atoms with Crippen LogP contribution in [0.4, 0.5) is 0 Å². The van der Waals surface area contributed by atoms with Gasteiger partial charge in [-0.15, -0.1) is 0 Å². The predicted octanol–water partition coefficient (Wildman–Crippen LogP) is 3.77. The summed E-state index contributed by atoms with van der Waals surface area (Å²) in [4.78, 5) is 0. The van der Waals surface area contributed by atoms with Crippen LogP contribution < -0.4 is 5.32 Å². The van der Waals surface area contributed by atoms with Gasteiger partial charge in [-0.25, -0.2) is 0 Å². The number of hydrogen-bond acceptors (Lipinski definition) is 3. The van der Waals surface area contributed by atoms with Crippen LogP contribution in [0.1, 0.15) is 64.7 Å². The molecule has 0 radical (unpaired) electrons. The minimum atomic E-state index is 0.708. The fraction of sp³-hybridized carbons (Fsp3) is 1.00. The van der Waals surface area contributed by atoms with Crippen molar-refractivity contribution < 1.29 is 9.47 Å². The van der Waals surface area contributed by atoms with Crippen LogP contribution >= 0.6 is 0 Å². The molecule has 0 saturated heterocycles. The lowest BCUT2D eigenvalue weighted by atomic mass is 9.95. The van der Waals surface area contributed by atoms with E-state index in [1.807, 2.05) is 0 Å². The van der Waals surface area contributed by atoms with Gasteiger partial charge >= 0.3 is 0 Å². The maximum atomic E-state index is 5.47. The van der Waals surface area contributed by atoms with Crippen LogP contribution in [0.25, 0.3) is 0 Å². The van der Waals surface area contributed by atoms with E-state index in [2.05, 4.69) is 12.2 Å². The second-order valence-electron chi connectivity index (χ2n) is 6.13. The van der Waals surface area contributed by atoms with Gasteiger partial charge in [0.2, 0.25) is 0 Å². The van der Waals surface area contributed by atoms with E-state index in [1.165, 1.54) is 51.4 Å². The zero-order valence-electron chi connectivity index (χ0n) is 13.7. The minimum absolute atomic E-state index is 0.708. The summed E-state index contributed by atoms with van der Waals surface area (Å²) in [6.45, 7) is 5.77. The molecule has 0 heterocycles. The minimum Gasteiger partial charge on any atom is -0.382 e. The van der Waals surface area contributed by atoms with E-state index in [0.29, 0.717) is 6.61 Å². The molecule has 3 heteroatoms. The van der Waals surface area contributed by atoms with Crippen molar-refractivity contribution in [2.24, 2.45) is 5.92 Å². The molecule has 0 amide bonds. The third-order valence-electron chi connectivity index (χ3n) is 4.37. The van der Waals surface area contributed by atoms with Crippen LogP contribution in [0, 0.1) is 5.92 Å². The Labute approximate surface area is 125 Å². The first-order valence-corrected chi connectivity index (χ1v) is 8.66. The molecule has 120 valence electrons. The molecule has 0 aromatic carbocycles. The number of hydrogen-bond donors (Lipinski definition) is 1. The Morgan fingerprint density at radius 2 is 1.90 bits per heavy atom. The number of rotatable bonds is 11. The van der Waals surface area contributed by atoms with Crippen molar-refractivity contribution in [1.82, 2.24) is 5.32 Å². The summed E-state index contributed by atoms with van der Waals surface area (Å²) in [6.07, 6.45) is 12.2. The Morgan fingerprint density at radius 3 is 2.70 bits per heavy atom. The fourth-order valence-corrected chi connectivity index (χ4v) is 3.16. The summed E-state index contributed by atoms with van der Waals surface area (Å²) in [6, 6.07) is 0.770. The molecule has 2 unspecified atom stereocenters. The highest BCUT2D eigenvalue weighted by atomic mass is 16.5. The molecule has 1 saturated carbocycles. The summed E-state index contributed by atoms with van der Waals surface area (Å²) >= 11 is 0. The van der Waals surface area contributed by atoms with Crippen molar-refractivity contribution >= 4 is 0 Å². The lowest BCUT2D eigenvalue weighted by Gasteiger charge is -2.16. The standard InChI is InChI=1S/C17H35NO2/c1-3-7-16-8-6-9-17(11-10-16)18-12-4-5-13-20-15-14-19-2/h16-18H,3-15H2,1-2H3. The highest BCUT2D eigenvalue weighted by molar-refractivity contribution is 4.74. The molecule has 0 bridgehead atoms. The van der Waals surface area contributed by atoms with E-state index >= 15 is 0 Å². The van der Waals surface area contributed by atoms with Gasteiger partial charge in [0.15, 0.2) is 0 Å². The van der Waals surface area contributed by atoms with Crippen molar-refractivity contribution in [3.8, 4) is 0 Å². The molecule has 1 fully saturated rings. The smallest absolute Gasteiger partial charge is 0.0700 e. The van der Waals surface area contributed by atoms with E-state index in [0.717, 1.165) is 38.1 Å². The maximum Gasteiger partial charge on any atom is 0.0700 e. The molecular weight excluding hydrogens is 250 g/mol. The maximum absolute atomic E-state index is 5.47. The topological polar surface area (TPSA) is 30.5 Å². The van der Waals surface area contributed by atoms with Gasteiger partial charge in [-0.3, -0.25) is 0 Å². The molecule has 0 spiro atoms. The first-order chi connectivity index (χ1) is 9.86. The largest absolute Gasteiger partial charge is 0.382 e. The van der Waals surface area contributed by atoms with Gasteiger partial charge in [0.05, 0.1) is 13.2 Å². The molecule has 1 aliphatic rings. The molecule has 0 aromatic heterocycles. The molecule has 1 rings (SSSR count). The molecule has 3 nitrogen and oxygen atoms in total. The predicted molar refractivity (Wildman–Crippen MR) is 85.2 cm³/mol. The van der Waals surface area contributed by atoms with Crippen LogP contribution in [-0.4, -0.2) is 39.5 Å². The van der Waals surface area contributed by atoms with Gasteiger partial charge in [-0.2, -0.15) is 0 Å². The first kappa shape index (κ1) is 17.9. The van der Waals surface area contributed by atoms with Gasteiger partial charge in [0.25, 0.3) is 0 Å². The fourth-order valence-electron chi connectivity index (χ4n) is 3.16. The summed E-state index contributed by atoms with van der Waals surface area (Å²) in [5.74, 6) is 1.00. The van der Waals surface area contributed by atoms with Crippen LogP contribution in [0.3, 0.4) is 0 Å². The molecule has 1 N–H and O–H groups in total. The summed E-state index contributed by atoms with van der Waals surface area (Å²) in [7, 11) is 1.71. The molecule has 2 atom stereocenters. The third kappa shape index (κ3) is 8.93. The second-order valence-corrected chi connectivity index (χ2v) is 6.13. The quantitative estimate of drug-likeness (QED) is 0.463. The lowest BCUT2D eigenvalue weighted by Crippen LogP contribution is -2.29. The molecule has 20 heavy (non-hydrogen) atoms. The van der Waals surface area contributed by atoms with E-state index in [1.54, 1.807) is 7.11 Å². The average Bonchev–Trinajstić information content (AvgIpc) is 2.68. The highest BCUT2D eigenvalue weighted by Crippen LogP contribution is 2.26. The van der Waals surface area contributed by atoms with E-state index < -0.39 is 0 Å². The number of nitrogens with one attached hydrogen (secondary N) is 1. The summed E-state index contributed by atoms with van der Waals surface area (Å²) < 4.78 is 10.4.